The minimum atomic E-state index is -0.838. The fourth-order valence-electron chi connectivity index (χ4n) is 19.1. The molecule has 23 rings (SSSR count). The van der Waals surface area contributed by atoms with Crippen molar-refractivity contribution in [3.05, 3.63) is 405 Å². The van der Waals surface area contributed by atoms with Gasteiger partial charge < -0.3 is 43.4 Å². The second kappa shape index (κ2) is 40.7. The van der Waals surface area contributed by atoms with E-state index in [2.05, 4.69) is 70.7 Å². The predicted octanol–water partition coefficient (Wildman–Crippen LogP) is 19.5. The zero-order valence-electron chi connectivity index (χ0n) is 81.1. The molecule has 0 aliphatic heterocycles. The number of anilines is 4. The van der Waals surface area contributed by atoms with Crippen LogP contribution in [0.25, 0.3) is 144 Å². The largest absolute Gasteiger partial charge is 0.508 e. The molecule has 0 amide bonds. The molecule has 32 nitrogen and oxygen atoms in total. The molecule has 12 N–H and O–H groups in total. The number of rotatable bonds is 16. The van der Waals surface area contributed by atoms with Crippen molar-refractivity contribution in [2.75, 3.05) is 22.9 Å². The lowest BCUT2D eigenvalue weighted by molar-refractivity contribution is 0.253. The van der Waals surface area contributed by atoms with Crippen molar-refractivity contribution in [3.8, 4) is 85.6 Å². The summed E-state index contributed by atoms with van der Waals surface area (Å²) in [4.78, 5) is 89.8. The monoisotopic (exact) mass is 2050 g/mol. The molecule has 12 heterocycles. The Bertz CT molecular complexity index is 9730. The van der Waals surface area contributed by atoms with E-state index in [1.807, 2.05) is 191 Å². The van der Waals surface area contributed by atoms with Crippen molar-refractivity contribution in [1.29, 1.82) is 0 Å². The first-order valence-corrected chi connectivity index (χ1v) is 48.2. The first-order chi connectivity index (χ1) is 72.3. The van der Waals surface area contributed by atoms with Crippen molar-refractivity contribution < 1.29 is 29.2 Å². The summed E-state index contributed by atoms with van der Waals surface area (Å²) in [6, 6.07) is 74.3. The maximum Gasteiger partial charge on any atom is 0.263 e. The maximum atomic E-state index is 14.2. The fraction of sp³-hybridized carbons (Fsp3) is 0.115. The van der Waals surface area contributed by atoms with E-state index < -0.39 is 17.7 Å². The molecule has 744 valence electrons. The van der Waals surface area contributed by atoms with E-state index in [4.69, 9.17) is 73.0 Å². The molecule has 0 saturated heterocycles. The molecular weight excluding hydrogens is 1970 g/mol. The summed E-state index contributed by atoms with van der Waals surface area (Å²) in [5, 5.41) is 67.5. The molecule has 23 aromatic rings. The van der Waals surface area contributed by atoms with E-state index in [1.54, 1.807) is 98.5 Å². The highest BCUT2D eigenvalue weighted by atomic mass is 35.5. The van der Waals surface area contributed by atoms with Crippen LogP contribution in [0, 0.1) is 51.2 Å². The van der Waals surface area contributed by atoms with Gasteiger partial charge in [-0.25, -0.2) is 67.4 Å². The van der Waals surface area contributed by atoms with Crippen LogP contribution in [0.3, 0.4) is 0 Å². The second-order valence-electron chi connectivity index (χ2n) is 36.1. The number of aryl methyl sites for hydroxylation is 4. The molecular formula is C113H89Cl3F2N24O8. The van der Waals surface area contributed by atoms with Gasteiger partial charge in [-0.1, -0.05) is 194 Å². The van der Waals surface area contributed by atoms with Crippen molar-refractivity contribution in [2.24, 2.45) is 0 Å². The Morgan fingerprint density at radius 2 is 0.627 bits per heavy atom. The van der Waals surface area contributed by atoms with Gasteiger partial charge in [0, 0.05) is 51.6 Å². The number of phenolic OH excluding ortho intramolecular Hbond substituents is 3. The van der Waals surface area contributed by atoms with Crippen molar-refractivity contribution >= 4 is 145 Å². The van der Waals surface area contributed by atoms with Crippen molar-refractivity contribution in [1.82, 2.24) is 97.3 Å². The number of phenols is 3. The molecule has 150 heavy (non-hydrogen) atoms. The van der Waals surface area contributed by atoms with Gasteiger partial charge in [0.1, 0.15) is 106 Å². The Kier molecular flexibility index (Phi) is 26.8. The highest BCUT2D eigenvalue weighted by Gasteiger charge is 2.29. The van der Waals surface area contributed by atoms with Crippen LogP contribution < -0.4 is 45.2 Å². The number of halogens is 5. The number of hydrogen-bond acceptors (Lipinski definition) is 24. The number of aromatic hydroxyl groups is 3. The maximum absolute atomic E-state index is 14.2. The third kappa shape index (κ3) is 18.8. The summed E-state index contributed by atoms with van der Waals surface area (Å²) < 4.78 is 41.5. The number of aliphatic hydroxyl groups excluding tert-OH is 1. The molecule has 0 aliphatic carbocycles. The predicted molar refractivity (Wildman–Crippen MR) is 581 cm³/mol. The lowest BCUT2D eigenvalue weighted by Gasteiger charge is -2.20. The smallest absolute Gasteiger partial charge is 0.263 e. The standard InChI is InChI=1S/C31H27FN6O2.C28H20ClFN6O2.C28H21ClN6O2.C26H21ClN6O2/c1-17(2)24-9-4-5-10-25(24)38-22(12-19-8-6-7-18(3)26(19)31(38)40)15-37-30-27(29(33)34-16-35-30)28(36-37)20-11-21(32)14-23(39)13-20;1-15-5-4-6-16-10-19(36(28(38)23(15)16)22-8-3-2-7-21(22)29)13-35-27-24(26(31)32-14-33-27)25(34-35)17-9-18(30)12-20(37)11-17;1-16-6-4-7-17-12-19(35(28(37)23(16)17)22-11-3-2-10-21(22)29)14-34-27-24(26(30)31-15-32-27)25(33-34)18-8-5-9-20(36)13-18;1-15-6-5-7-17-12-18(33(26(35)22(15)17)21-9-4-3-8-19(21)27)13-32-25-23(24(28)29-14-30-25)20(31-32)11-10-16(2)34/h4-14,16-17,39H,15H2,1-3H3,(H2,33,34,35);2-12,14,37H,13H2,1H3,(H2,31,32,33);2-13,15,36H,14H2,1H3,(H2,30,31,32);3-9,12,14,16,34H,13H2,1-2H3,(H2,28,29,30)/t;;;16-/m...1/s1. The first kappa shape index (κ1) is 98.7. The number of benzene rings is 11. The number of aliphatic hydroxyl groups is 1. The third-order valence-corrected chi connectivity index (χ3v) is 26.7. The zero-order valence-corrected chi connectivity index (χ0v) is 83.4. The van der Waals surface area contributed by atoms with Gasteiger partial charge in [-0.05, 0) is 199 Å². The van der Waals surface area contributed by atoms with Crippen LogP contribution in [0.1, 0.15) is 83.0 Å². The normalized spacial score (nSPS) is 11.6. The Morgan fingerprint density at radius 1 is 0.327 bits per heavy atom. The van der Waals surface area contributed by atoms with Gasteiger partial charge in [0.25, 0.3) is 22.2 Å². The van der Waals surface area contributed by atoms with Gasteiger partial charge in [-0.3, -0.25) is 37.4 Å². The lowest BCUT2D eigenvalue weighted by Crippen LogP contribution is -2.25. The Labute approximate surface area is 866 Å². The van der Waals surface area contributed by atoms with Crippen LogP contribution in [0.4, 0.5) is 32.1 Å². The average Bonchev–Trinajstić information content (AvgIpc) is 1.48. The van der Waals surface area contributed by atoms with Crippen LogP contribution in [0.2, 0.25) is 15.1 Å². The van der Waals surface area contributed by atoms with Crippen LogP contribution in [-0.4, -0.2) is 124 Å². The topological polar surface area (TPSA) is 447 Å². The van der Waals surface area contributed by atoms with Crippen molar-refractivity contribution in [2.45, 2.75) is 86.7 Å². The summed E-state index contributed by atoms with van der Waals surface area (Å²) in [7, 11) is 0. The summed E-state index contributed by atoms with van der Waals surface area (Å²) in [5.41, 5.74) is 38.3. The molecule has 1 atom stereocenters. The zero-order chi connectivity index (χ0) is 105. The highest BCUT2D eigenvalue weighted by Crippen LogP contribution is 2.40. The molecule has 0 radical (unpaired) electrons. The molecule has 0 spiro atoms. The molecule has 0 fully saturated rings. The number of nitrogens with zero attached hydrogens (tertiary/aromatic N) is 20. The number of aromatic nitrogens is 20. The quantitative estimate of drug-likeness (QED) is 0.0416. The van der Waals surface area contributed by atoms with E-state index in [0.717, 1.165) is 67.2 Å². The molecule has 0 saturated carbocycles. The fourth-order valence-corrected chi connectivity index (χ4v) is 19.7. The number of para-hydroxylation sites is 4. The van der Waals surface area contributed by atoms with Crippen LogP contribution in [0.15, 0.2) is 299 Å². The first-order valence-electron chi connectivity index (χ1n) is 47.1. The minimum Gasteiger partial charge on any atom is -0.508 e. The summed E-state index contributed by atoms with van der Waals surface area (Å²) in [6.07, 6.45) is 4.55. The van der Waals surface area contributed by atoms with E-state index in [-0.39, 0.29) is 94.9 Å². The Balaban J connectivity index is 0.000000121. The number of pyridine rings is 4. The van der Waals surface area contributed by atoms with Gasteiger partial charge in [-0.15, -0.1) is 0 Å². The summed E-state index contributed by atoms with van der Waals surface area (Å²) in [6.45, 7) is 14.1. The molecule has 37 heteroatoms. The van der Waals surface area contributed by atoms with E-state index in [0.29, 0.717) is 160 Å². The number of hydrogen-bond donors (Lipinski definition) is 8. The third-order valence-electron chi connectivity index (χ3n) is 25.7. The molecule has 0 aliphatic rings. The lowest BCUT2D eigenvalue weighted by atomic mass is 10.00. The SMILES string of the molecule is Cc1cccc2cc(Cn3nc(-c4cc(O)cc(F)c4)c4c(N)ncnc43)n(-c3ccccc3C(C)C)c(=O)c12.Cc1cccc2cc(Cn3nc(-c4cc(O)cc(F)c4)c4c(N)ncnc43)n(-c3ccccc3Cl)c(=O)c12.Cc1cccc2cc(Cn3nc(-c4cccc(O)c4)c4c(N)ncnc43)n(-c3ccccc3Cl)c(=O)c12.Cc1cccc2cc(Cn3nc(C#C[C@@H](C)O)c4c(N)ncnc43)n(-c3ccccc3Cl)c(=O)c12. The number of nitrogen functional groups attached to an aromatic ring is 4. The van der Waals surface area contributed by atoms with E-state index in [1.165, 1.54) is 49.6 Å². The summed E-state index contributed by atoms with van der Waals surface area (Å²) >= 11 is 19.6. The van der Waals surface area contributed by atoms with Gasteiger partial charge in [-0.2, -0.15) is 20.4 Å². The highest BCUT2D eigenvalue weighted by molar-refractivity contribution is 6.33. The van der Waals surface area contributed by atoms with Gasteiger partial charge in [0.05, 0.1) is 107 Å². The molecule has 0 bridgehead atoms. The number of nitrogens with two attached hydrogens (primary N) is 4. The average molecular weight is 2060 g/mol. The van der Waals surface area contributed by atoms with Crippen molar-refractivity contribution in [3.63, 3.8) is 0 Å². The molecule has 12 aromatic heterocycles. The Morgan fingerprint density at radius 3 is 0.960 bits per heavy atom. The minimum absolute atomic E-state index is 0.105. The van der Waals surface area contributed by atoms with E-state index in [9.17, 15) is 48.4 Å². The van der Waals surface area contributed by atoms with Crippen LogP contribution >= 0.6 is 34.8 Å². The van der Waals surface area contributed by atoms with Gasteiger partial charge in [0.15, 0.2) is 22.6 Å². The second-order valence-corrected chi connectivity index (χ2v) is 37.3. The van der Waals surface area contributed by atoms with Crippen LogP contribution in [-0.2, 0) is 26.2 Å². The summed E-state index contributed by atoms with van der Waals surface area (Å²) in [5.74, 6) is 4.91. The Hall–Kier alpha value is -18.7. The van der Waals surface area contributed by atoms with Gasteiger partial charge in [0.2, 0.25) is 0 Å². The van der Waals surface area contributed by atoms with E-state index >= 15 is 0 Å². The molecule has 11 aromatic carbocycles. The number of fused-ring (bicyclic) bond motifs is 8. The molecule has 0 unspecified atom stereocenters. The van der Waals surface area contributed by atoms with Gasteiger partial charge >= 0.3 is 0 Å². The van der Waals surface area contributed by atoms with Crippen LogP contribution in [0.5, 0.6) is 17.2 Å².